The second kappa shape index (κ2) is 6.87. The van der Waals surface area contributed by atoms with E-state index in [-0.39, 0.29) is 11.2 Å². The van der Waals surface area contributed by atoms with Crippen molar-refractivity contribution in [3.05, 3.63) is 48.0 Å². The Labute approximate surface area is 142 Å². The second-order valence-electron chi connectivity index (χ2n) is 6.65. The first-order valence-corrected chi connectivity index (χ1v) is 7.79. The fourth-order valence-electron chi connectivity index (χ4n) is 2.44. The van der Waals surface area contributed by atoms with Crippen LogP contribution in [0.1, 0.15) is 40.2 Å². The number of carbonyl (C=O) groups excluding carboxylic acids is 2. The quantitative estimate of drug-likeness (QED) is 0.615. The van der Waals surface area contributed by atoms with Crippen molar-refractivity contribution in [1.82, 2.24) is 0 Å². The van der Waals surface area contributed by atoms with Crippen LogP contribution in [-0.4, -0.2) is 11.9 Å². The topological polar surface area (TPSA) is 52.6 Å². The Morgan fingerprint density at radius 1 is 0.833 bits per heavy atom. The van der Waals surface area contributed by atoms with Gasteiger partial charge in [0.15, 0.2) is 11.5 Å². The fourth-order valence-corrected chi connectivity index (χ4v) is 2.44. The summed E-state index contributed by atoms with van der Waals surface area (Å²) in [4.78, 5) is 23.0. The molecule has 0 bridgehead atoms. The van der Waals surface area contributed by atoms with Gasteiger partial charge in [0.25, 0.3) is 0 Å². The Morgan fingerprint density at radius 3 is 1.92 bits per heavy atom. The van der Waals surface area contributed by atoms with Gasteiger partial charge < -0.3 is 9.47 Å². The molecule has 0 saturated carbocycles. The first kappa shape index (κ1) is 17.7. The van der Waals surface area contributed by atoms with Gasteiger partial charge in [0.1, 0.15) is 0 Å². The zero-order valence-electron chi connectivity index (χ0n) is 14.7. The lowest BCUT2D eigenvalue weighted by molar-refractivity contribution is -0.134. The number of carbonyl (C=O) groups is 2. The Morgan fingerprint density at radius 2 is 1.42 bits per heavy atom. The van der Waals surface area contributed by atoms with Gasteiger partial charge in [0, 0.05) is 19.4 Å². The summed E-state index contributed by atoms with van der Waals surface area (Å²) in [6.45, 7) is 8.70. The Kier molecular flexibility index (Phi) is 5.07. The molecule has 2 rings (SSSR count). The normalized spacial score (nSPS) is 11.0. The number of ether oxygens (including phenoxy) is 2. The van der Waals surface area contributed by atoms with Gasteiger partial charge in [-0.25, -0.2) is 0 Å². The van der Waals surface area contributed by atoms with E-state index in [1.807, 2.05) is 57.2 Å². The fraction of sp³-hybridized carbons (Fsp3) is 0.300. The molecular formula is C20H22O4. The van der Waals surface area contributed by atoms with E-state index < -0.39 is 11.9 Å². The molecule has 0 saturated heterocycles. The molecule has 4 nitrogen and oxygen atoms in total. The molecule has 2 aromatic rings. The van der Waals surface area contributed by atoms with E-state index in [1.165, 1.54) is 13.8 Å². The summed E-state index contributed by atoms with van der Waals surface area (Å²) in [6, 6.07) is 13.5. The van der Waals surface area contributed by atoms with Crippen LogP contribution in [0.4, 0.5) is 0 Å². The van der Waals surface area contributed by atoms with Gasteiger partial charge in [0.2, 0.25) is 0 Å². The zero-order valence-corrected chi connectivity index (χ0v) is 14.7. The molecule has 0 fully saturated rings. The molecule has 0 aliphatic rings. The summed E-state index contributed by atoms with van der Waals surface area (Å²) in [5.41, 5.74) is 2.39. The average molecular weight is 326 g/mol. The third-order valence-corrected chi connectivity index (χ3v) is 3.47. The summed E-state index contributed by atoms with van der Waals surface area (Å²) < 4.78 is 10.7. The molecular weight excluding hydrogens is 304 g/mol. The molecule has 0 heterocycles. The van der Waals surface area contributed by atoms with E-state index in [4.69, 9.17) is 9.47 Å². The van der Waals surface area contributed by atoms with Crippen molar-refractivity contribution in [1.29, 1.82) is 0 Å². The van der Waals surface area contributed by atoms with Crippen LogP contribution in [0.15, 0.2) is 42.5 Å². The van der Waals surface area contributed by atoms with Crippen LogP contribution in [0.2, 0.25) is 0 Å². The maximum absolute atomic E-state index is 11.5. The highest BCUT2D eigenvalue weighted by Crippen LogP contribution is 2.42. The third-order valence-electron chi connectivity index (χ3n) is 3.47. The van der Waals surface area contributed by atoms with Crippen molar-refractivity contribution in [3.8, 4) is 22.6 Å². The zero-order chi connectivity index (χ0) is 17.9. The van der Waals surface area contributed by atoms with Crippen LogP contribution >= 0.6 is 0 Å². The first-order valence-electron chi connectivity index (χ1n) is 7.79. The summed E-state index contributed by atoms with van der Waals surface area (Å²) >= 11 is 0. The SMILES string of the molecule is CC(=O)Oc1cc(-c2ccccc2)cc(C(C)(C)C)c1OC(C)=O. The Balaban J connectivity index is 2.73. The van der Waals surface area contributed by atoms with E-state index in [0.717, 1.165) is 16.7 Å². The van der Waals surface area contributed by atoms with Crippen LogP contribution in [-0.2, 0) is 15.0 Å². The van der Waals surface area contributed by atoms with Gasteiger partial charge in [0.05, 0.1) is 0 Å². The van der Waals surface area contributed by atoms with Gasteiger partial charge in [-0.15, -0.1) is 0 Å². The van der Waals surface area contributed by atoms with Gasteiger partial charge in [-0.1, -0.05) is 51.1 Å². The van der Waals surface area contributed by atoms with Gasteiger partial charge in [-0.2, -0.15) is 0 Å². The van der Waals surface area contributed by atoms with Crippen molar-refractivity contribution in [2.75, 3.05) is 0 Å². The van der Waals surface area contributed by atoms with E-state index in [2.05, 4.69) is 0 Å². The first-order chi connectivity index (χ1) is 11.2. The molecule has 0 atom stereocenters. The van der Waals surface area contributed by atoms with Crippen molar-refractivity contribution in [2.24, 2.45) is 0 Å². The van der Waals surface area contributed by atoms with Crippen LogP contribution in [0.5, 0.6) is 11.5 Å². The van der Waals surface area contributed by atoms with Crippen molar-refractivity contribution in [2.45, 2.75) is 40.0 Å². The molecule has 0 spiro atoms. The molecule has 126 valence electrons. The van der Waals surface area contributed by atoms with E-state index in [0.29, 0.717) is 5.75 Å². The van der Waals surface area contributed by atoms with Crippen LogP contribution in [0.25, 0.3) is 11.1 Å². The Bertz CT molecular complexity index is 755. The lowest BCUT2D eigenvalue weighted by Gasteiger charge is -2.24. The molecule has 0 N–H and O–H groups in total. The highest BCUT2D eigenvalue weighted by molar-refractivity contribution is 5.78. The van der Waals surface area contributed by atoms with Crippen molar-refractivity contribution < 1.29 is 19.1 Å². The van der Waals surface area contributed by atoms with Crippen LogP contribution < -0.4 is 9.47 Å². The number of benzene rings is 2. The monoisotopic (exact) mass is 326 g/mol. The summed E-state index contributed by atoms with van der Waals surface area (Å²) in [6.07, 6.45) is 0. The molecule has 0 unspecified atom stereocenters. The third kappa shape index (κ3) is 4.22. The summed E-state index contributed by atoms with van der Waals surface area (Å²) in [5.74, 6) is -0.372. The molecule has 24 heavy (non-hydrogen) atoms. The van der Waals surface area contributed by atoms with E-state index >= 15 is 0 Å². The number of rotatable bonds is 3. The predicted octanol–water partition coefficient (Wildman–Crippen LogP) is 4.50. The minimum Gasteiger partial charge on any atom is -0.423 e. The minimum absolute atomic E-state index is 0.254. The summed E-state index contributed by atoms with van der Waals surface area (Å²) in [5, 5.41) is 0. The van der Waals surface area contributed by atoms with Crippen LogP contribution in [0, 0.1) is 0 Å². The Hall–Kier alpha value is -2.62. The maximum atomic E-state index is 11.5. The van der Waals surface area contributed by atoms with Gasteiger partial charge in [-0.3, -0.25) is 9.59 Å². The minimum atomic E-state index is -0.464. The van der Waals surface area contributed by atoms with Crippen molar-refractivity contribution in [3.63, 3.8) is 0 Å². The molecule has 4 heteroatoms. The highest BCUT2D eigenvalue weighted by Gasteiger charge is 2.25. The number of hydrogen-bond donors (Lipinski definition) is 0. The molecule has 2 aromatic carbocycles. The molecule has 0 aromatic heterocycles. The van der Waals surface area contributed by atoms with Gasteiger partial charge in [-0.05, 0) is 28.7 Å². The molecule has 0 aliphatic heterocycles. The van der Waals surface area contributed by atoms with E-state index in [9.17, 15) is 9.59 Å². The average Bonchev–Trinajstić information content (AvgIpc) is 2.47. The lowest BCUT2D eigenvalue weighted by Crippen LogP contribution is -2.17. The number of esters is 2. The standard InChI is InChI=1S/C20H22O4/c1-13(21)23-18-12-16(15-9-7-6-8-10-15)11-17(20(3,4)5)19(18)24-14(2)22/h6-12H,1-5H3. The van der Waals surface area contributed by atoms with E-state index in [1.54, 1.807) is 6.07 Å². The maximum Gasteiger partial charge on any atom is 0.308 e. The smallest absolute Gasteiger partial charge is 0.308 e. The van der Waals surface area contributed by atoms with Crippen LogP contribution in [0.3, 0.4) is 0 Å². The number of hydrogen-bond acceptors (Lipinski definition) is 4. The molecule has 0 aliphatic carbocycles. The highest BCUT2D eigenvalue weighted by atomic mass is 16.6. The van der Waals surface area contributed by atoms with Crippen molar-refractivity contribution >= 4 is 11.9 Å². The molecule has 0 radical (unpaired) electrons. The van der Waals surface area contributed by atoms with Gasteiger partial charge >= 0.3 is 11.9 Å². The lowest BCUT2D eigenvalue weighted by atomic mass is 9.84. The predicted molar refractivity (Wildman–Crippen MR) is 93.2 cm³/mol. The summed E-state index contributed by atoms with van der Waals surface area (Å²) in [7, 11) is 0. The largest absolute Gasteiger partial charge is 0.423 e. The second-order valence-corrected chi connectivity index (χ2v) is 6.65. The molecule has 0 amide bonds.